The molecule has 0 heterocycles. The minimum atomic E-state index is -0.465. The molecule has 4 N–H and O–H groups in total. The number of aromatic hydroxyl groups is 1. The summed E-state index contributed by atoms with van der Waals surface area (Å²) in [5.41, 5.74) is 5.88. The van der Waals surface area contributed by atoms with Gasteiger partial charge in [0, 0.05) is 16.7 Å². The van der Waals surface area contributed by atoms with Crippen LogP contribution in [0.15, 0.2) is 54.6 Å². The maximum absolute atomic E-state index is 11.8. The molecule has 0 fully saturated rings. The number of amides is 2. The fraction of sp³-hybridized carbons (Fsp3) is 0. The Morgan fingerprint density at radius 2 is 1.64 bits per heavy atom. The van der Waals surface area contributed by atoms with Gasteiger partial charge in [0.1, 0.15) is 5.75 Å². The van der Waals surface area contributed by atoms with E-state index in [1.807, 2.05) is 0 Å². The van der Waals surface area contributed by atoms with Crippen LogP contribution < -0.4 is 16.2 Å². The van der Waals surface area contributed by atoms with E-state index in [0.717, 1.165) is 5.56 Å². The van der Waals surface area contributed by atoms with Crippen molar-refractivity contribution in [3.63, 3.8) is 0 Å². The van der Waals surface area contributed by atoms with Crippen molar-refractivity contribution in [3.8, 4) is 5.75 Å². The zero-order chi connectivity index (χ0) is 18.2. The maximum Gasteiger partial charge on any atom is 0.269 e. The third-order valence-corrected chi connectivity index (χ3v) is 3.41. The van der Waals surface area contributed by atoms with Gasteiger partial charge in [-0.1, -0.05) is 23.7 Å². The predicted molar refractivity (Wildman–Crippen MR) is 99.9 cm³/mol. The first kappa shape index (κ1) is 18.4. The van der Waals surface area contributed by atoms with Crippen LogP contribution in [0.3, 0.4) is 0 Å². The fourth-order valence-corrected chi connectivity index (χ4v) is 2.01. The number of hydrogen-bond donors (Lipinski definition) is 4. The highest BCUT2D eigenvalue weighted by Crippen LogP contribution is 2.10. The number of nitrogens with one attached hydrogen (secondary N) is 3. The molecule has 2 aromatic rings. The lowest BCUT2D eigenvalue weighted by molar-refractivity contribution is -0.115. The molecule has 0 atom stereocenters. The summed E-state index contributed by atoms with van der Waals surface area (Å²) >= 11 is 10.7. The molecule has 128 valence electrons. The minimum Gasteiger partial charge on any atom is -0.508 e. The minimum absolute atomic E-state index is 0.0553. The summed E-state index contributed by atoms with van der Waals surface area (Å²) in [4.78, 5) is 23.6. The molecule has 6 nitrogen and oxygen atoms in total. The molecule has 25 heavy (non-hydrogen) atoms. The van der Waals surface area contributed by atoms with Gasteiger partial charge in [-0.2, -0.15) is 0 Å². The van der Waals surface area contributed by atoms with Gasteiger partial charge in [0.05, 0.1) is 0 Å². The van der Waals surface area contributed by atoms with Gasteiger partial charge in [-0.3, -0.25) is 25.8 Å². The van der Waals surface area contributed by atoms with Crippen LogP contribution in [0.25, 0.3) is 6.08 Å². The van der Waals surface area contributed by atoms with Gasteiger partial charge in [0.2, 0.25) is 5.91 Å². The smallest absolute Gasteiger partial charge is 0.269 e. The van der Waals surface area contributed by atoms with Crippen LogP contribution in [0, 0.1) is 0 Å². The van der Waals surface area contributed by atoms with Crippen molar-refractivity contribution in [2.45, 2.75) is 0 Å². The number of phenols is 1. The fourth-order valence-electron chi connectivity index (χ4n) is 1.73. The highest BCUT2D eigenvalue weighted by molar-refractivity contribution is 7.80. The van der Waals surface area contributed by atoms with E-state index in [0.29, 0.717) is 10.6 Å². The summed E-state index contributed by atoms with van der Waals surface area (Å²) in [6.45, 7) is 0. The number of halogens is 1. The van der Waals surface area contributed by atoms with E-state index in [1.165, 1.54) is 30.3 Å². The molecule has 0 spiro atoms. The lowest BCUT2D eigenvalue weighted by Gasteiger charge is -2.09. The molecule has 0 bridgehead atoms. The quantitative estimate of drug-likeness (QED) is 0.376. The Bertz CT molecular complexity index is 805. The summed E-state index contributed by atoms with van der Waals surface area (Å²) in [6.07, 6.45) is 2.91. The molecule has 2 aromatic carbocycles. The predicted octanol–water partition coefficient (Wildman–Crippen LogP) is 2.39. The Morgan fingerprint density at radius 3 is 2.28 bits per heavy atom. The maximum atomic E-state index is 11.8. The number of hydrazine groups is 1. The molecule has 0 unspecified atom stereocenters. The molecule has 0 aliphatic heterocycles. The van der Waals surface area contributed by atoms with Gasteiger partial charge in [0.15, 0.2) is 5.11 Å². The number of hydrogen-bond acceptors (Lipinski definition) is 4. The van der Waals surface area contributed by atoms with Crippen molar-refractivity contribution >= 4 is 46.8 Å². The van der Waals surface area contributed by atoms with Crippen LogP contribution in [-0.4, -0.2) is 22.0 Å². The van der Waals surface area contributed by atoms with Crippen LogP contribution in [0.4, 0.5) is 0 Å². The highest BCUT2D eigenvalue weighted by atomic mass is 35.5. The molecular weight excluding hydrogens is 362 g/mol. The number of benzene rings is 2. The Morgan fingerprint density at radius 1 is 1.00 bits per heavy atom. The van der Waals surface area contributed by atoms with E-state index in [-0.39, 0.29) is 10.9 Å². The van der Waals surface area contributed by atoms with Gasteiger partial charge >= 0.3 is 0 Å². The second kappa shape index (κ2) is 8.81. The zero-order valence-electron chi connectivity index (χ0n) is 12.8. The monoisotopic (exact) mass is 375 g/mol. The molecule has 0 radical (unpaired) electrons. The van der Waals surface area contributed by atoms with Crippen LogP contribution >= 0.6 is 23.8 Å². The van der Waals surface area contributed by atoms with Crippen molar-refractivity contribution in [3.05, 3.63) is 70.8 Å². The van der Waals surface area contributed by atoms with Crippen LogP contribution in [-0.2, 0) is 4.79 Å². The van der Waals surface area contributed by atoms with Crippen molar-refractivity contribution in [2.75, 3.05) is 0 Å². The first-order valence-corrected chi connectivity index (χ1v) is 7.86. The van der Waals surface area contributed by atoms with Crippen LogP contribution in [0.2, 0.25) is 5.02 Å². The summed E-state index contributed by atoms with van der Waals surface area (Å²) in [5, 5.41) is 12.1. The van der Waals surface area contributed by atoms with Gasteiger partial charge in [-0.15, -0.1) is 0 Å². The van der Waals surface area contributed by atoms with Crippen molar-refractivity contribution in [2.24, 2.45) is 0 Å². The average Bonchev–Trinajstić information content (AvgIpc) is 2.60. The molecule has 0 aliphatic carbocycles. The number of phenolic OH excluding ortho intramolecular Hbond substituents is 1. The average molecular weight is 376 g/mol. The van der Waals surface area contributed by atoms with Gasteiger partial charge in [0.25, 0.3) is 5.91 Å². The first-order valence-electron chi connectivity index (χ1n) is 7.08. The highest BCUT2D eigenvalue weighted by Gasteiger charge is 2.06. The lowest BCUT2D eigenvalue weighted by atomic mass is 10.2. The third-order valence-electron chi connectivity index (χ3n) is 2.95. The summed E-state index contributed by atoms with van der Waals surface area (Å²) in [7, 11) is 0. The van der Waals surface area contributed by atoms with E-state index < -0.39 is 11.8 Å². The van der Waals surface area contributed by atoms with Gasteiger partial charge in [-0.25, -0.2) is 0 Å². The number of carbonyl (C=O) groups excluding carboxylic acids is 2. The number of carbonyl (C=O) groups is 2. The summed E-state index contributed by atoms with van der Waals surface area (Å²) < 4.78 is 0. The van der Waals surface area contributed by atoms with Crippen LogP contribution in [0.5, 0.6) is 5.75 Å². The Kier molecular flexibility index (Phi) is 6.50. The van der Waals surface area contributed by atoms with Crippen LogP contribution in [0.1, 0.15) is 15.9 Å². The third kappa shape index (κ3) is 6.25. The molecule has 0 aromatic heterocycles. The van der Waals surface area contributed by atoms with Crippen molar-refractivity contribution < 1.29 is 14.7 Å². The molecule has 0 saturated carbocycles. The number of thiocarbonyl (C=S) groups is 1. The van der Waals surface area contributed by atoms with E-state index in [2.05, 4.69) is 16.2 Å². The molecule has 0 aliphatic rings. The summed E-state index contributed by atoms with van der Waals surface area (Å²) in [5.74, 6) is -0.862. The van der Waals surface area contributed by atoms with Gasteiger partial charge in [-0.05, 0) is 60.3 Å². The molecule has 0 saturated heterocycles. The Labute approximate surface area is 154 Å². The SMILES string of the molecule is O=C(/C=C/c1ccc(Cl)cc1)NC(=S)NNC(=O)c1ccc(O)cc1. The molecule has 2 amide bonds. The van der Waals surface area contributed by atoms with Gasteiger partial charge < -0.3 is 5.11 Å². The lowest BCUT2D eigenvalue weighted by Crippen LogP contribution is -2.48. The topological polar surface area (TPSA) is 90.5 Å². The zero-order valence-corrected chi connectivity index (χ0v) is 14.4. The van der Waals surface area contributed by atoms with Crippen molar-refractivity contribution in [1.82, 2.24) is 16.2 Å². The Balaban J connectivity index is 1.79. The van der Waals surface area contributed by atoms with E-state index in [4.69, 9.17) is 23.8 Å². The Hall–Kier alpha value is -2.90. The molecule has 8 heteroatoms. The second-order valence-electron chi connectivity index (χ2n) is 4.83. The van der Waals surface area contributed by atoms with Crippen molar-refractivity contribution in [1.29, 1.82) is 0 Å². The summed E-state index contributed by atoms with van der Waals surface area (Å²) in [6, 6.07) is 12.6. The molecular formula is C17H14ClN3O3S. The largest absolute Gasteiger partial charge is 0.508 e. The molecule has 2 rings (SSSR count). The normalized spacial score (nSPS) is 10.3. The van der Waals surface area contributed by atoms with E-state index >= 15 is 0 Å². The first-order chi connectivity index (χ1) is 11.9. The van der Waals surface area contributed by atoms with E-state index in [9.17, 15) is 14.7 Å². The second-order valence-corrected chi connectivity index (χ2v) is 5.67. The number of rotatable bonds is 3. The van der Waals surface area contributed by atoms with E-state index in [1.54, 1.807) is 30.3 Å². The standard InChI is InChI=1S/C17H14ClN3O3S/c18-13-6-1-11(2-7-13)3-10-15(23)19-17(25)21-20-16(24)12-4-8-14(22)9-5-12/h1-10,22H,(H,20,24)(H2,19,21,23,25)/b10-3+.